The van der Waals surface area contributed by atoms with Crippen LogP contribution in [0.25, 0.3) is 11.0 Å². The molecule has 1 aliphatic heterocycles. The van der Waals surface area contributed by atoms with Crippen molar-refractivity contribution in [1.82, 2.24) is 9.97 Å². The van der Waals surface area contributed by atoms with Crippen LogP contribution in [0.4, 0.5) is 11.6 Å². The van der Waals surface area contributed by atoms with Gasteiger partial charge in [-0.1, -0.05) is 23.7 Å². The van der Waals surface area contributed by atoms with Gasteiger partial charge in [-0.3, -0.25) is 9.69 Å². The first-order valence-electron chi connectivity index (χ1n) is 7.69. The number of carbonyl (C=O) groups excluding carboxylic acids is 1. The highest BCUT2D eigenvalue weighted by Gasteiger charge is 2.29. The van der Waals surface area contributed by atoms with Crippen LogP contribution in [-0.2, 0) is 0 Å². The first kappa shape index (κ1) is 14.9. The van der Waals surface area contributed by atoms with E-state index < -0.39 is 0 Å². The Labute approximate surface area is 144 Å². The predicted molar refractivity (Wildman–Crippen MR) is 95.9 cm³/mol. The Hall–Kier alpha value is -2.66. The molecule has 0 spiro atoms. The van der Waals surface area contributed by atoms with Crippen LogP contribution in [0.1, 0.15) is 10.4 Å². The highest BCUT2D eigenvalue weighted by molar-refractivity contribution is 6.30. The predicted octanol–water partition coefficient (Wildman–Crippen LogP) is 3.38. The van der Waals surface area contributed by atoms with E-state index in [1.807, 2.05) is 36.2 Å². The van der Waals surface area contributed by atoms with Crippen LogP contribution >= 0.6 is 11.6 Å². The summed E-state index contributed by atoms with van der Waals surface area (Å²) in [4.78, 5) is 26.0. The summed E-state index contributed by atoms with van der Waals surface area (Å²) < 4.78 is 0. The SMILES string of the molecule is CN1CCN(C(=O)c2ccc(Cl)cc2)c2nc3ccccc3nc21. The first-order chi connectivity index (χ1) is 11.6. The molecule has 6 heteroatoms. The first-order valence-corrected chi connectivity index (χ1v) is 8.06. The molecule has 5 nitrogen and oxygen atoms in total. The average molecular weight is 339 g/mol. The number of likely N-dealkylation sites (N-methyl/N-ethyl adjacent to an activating group) is 1. The number of amides is 1. The third-order valence-electron chi connectivity index (χ3n) is 4.15. The van der Waals surface area contributed by atoms with E-state index >= 15 is 0 Å². The number of carbonyl (C=O) groups is 1. The second-order valence-electron chi connectivity index (χ2n) is 5.74. The summed E-state index contributed by atoms with van der Waals surface area (Å²) in [6.45, 7) is 1.28. The third kappa shape index (κ3) is 2.47. The Balaban J connectivity index is 1.81. The molecule has 0 aliphatic carbocycles. The molecular formula is C18H15ClN4O. The molecule has 0 fully saturated rings. The summed E-state index contributed by atoms with van der Waals surface area (Å²) in [6, 6.07) is 14.6. The zero-order chi connectivity index (χ0) is 16.7. The van der Waals surface area contributed by atoms with Gasteiger partial charge >= 0.3 is 0 Å². The lowest BCUT2D eigenvalue weighted by atomic mass is 10.2. The highest BCUT2D eigenvalue weighted by atomic mass is 35.5. The normalized spacial score (nSPS) is 13.9. The Bertz CT molecular complexity index is 926. The molecule has 0 unspecified atom stereocenters. The van der Waals surface area contributed by atoms with Crippen molar-refractivity contribution in [2.75, 3.05) is 29.9 Å². The lowest BCUT2D eigenvalue weighted by Gasteiger charge is -2.33. The molecule has 0 saturated carbocycles. The summed E-state index contributed by atoms with van der Waals surface area (Å²) in [7, 11) is 1.96. The van der Waals surface area contributed by atoms with Crippen LogP contribution < -0.4 is 9.80 Å². The number of halogens is 1. The van der Waals surface area contributed by atoms with Crippen LogP contribution in [0.5, 0.6) is 0 Å². The number of hydrogen-bond donors (Lipinski definition) is 0. The van der Waals surface area contributed by atoms with Gasteiger partial charge in [0.05, 0.1) is 11.0 Å². The van der Waals surface area contributed by atoms with E-state index in [1.54, 1.807) is 29.2 Å². The van der Waals surface area contributed by atoms with E-state index in [0.717, 1.165) is 16.9 Å². The molecule has 3 aromatic rings. The minimum Gasteiger partial charge on any atom is -0.355 e. The van der Waals surface area contributed by atoms with Gasteiger partial charge < -0.3 is 4.90 Å². The summed E-state index contributed by atoms with van der Waals surface area (Å²) in [6.07, 6.45) is 0. The Morgan fingerprint density at radius 3 is 2.25 bits per heavy atom. The molecule has 1 aromatic heterocycles. The maximum atomic E-state index is 12.9. The van der Waals surface area contributed by atoms with Crippen LogP contribution in [0.3, 0.4) is 0 Å². The van der Waals surface area contributed by atoms with Gasteiger partial charge in [-0.05, 0) is 36.4 Å². The van der Waals surface area contributed by atoms with E-state index in [9.17, 15) is 4.79 Å². The van der Waals surface area contributed by atoms with Gasteiger partial charge in [-0.25, -0.2) is 9.97 Å². The molecule has 4 rings (SSSR count). The Morgan fingerprint density at radius 2 is 1.58 bits per heavy atom. The molecule has 0 atom stereocenters. The zero-order valence-electron chi connectivity index (χ0n) is 13.1. The van der Waals surface area contributed by atoms with Crippen molar-refractivity contribution in [3.05, 3.63) is 59.1 Å². The molecule has 0 saturated heterocycles. The number of aromatic nitrogens is 2. The van der Waals surface area contributed by atoms with Crippen molar-refractivity contribution in [2.24, 2.45) is 0 Å². The van der Waals surface area contributed by atoms with Crippen LogP contribution in [-0.4, -0.2) is 36.0 Å². The summed E-state index contributed by atoms with van der Waals surface area (Å²) in [5.41, 5.74) is 2.19. The number of hydrogen-bond acceptors (Lipinski definition) is 4. The highest BCUT2D eigenvalue weighted by Crippen LogP contribution is 2.31. The van der Waals surface area contributed by atoms with Crippen LogP contribution in [0.2, 0.25) is 5.02 Å². The van der Waals surface area contributed by atoms with E-state index in [2.05, 4.69) is 9.97 Å². The molecule has 120 valence electrons. The quantitative estimate of drug-likeness (QED) is 0.682. The fourth-order valence-electron chi connectivity index (χ4n) is 2.83. The van der Waals surface area contributed by atoms with Crippen molar-refractivity contribution >= 4 is 40.2 Å². The van der Waals surface area contributed by atoms with Gasteiger partial charge in [-0.15, -0.1) is 0 Å². The number of rotatable bonds is 1. The molecule has 24 heavy (non-hydrogen) atoms. The standard InChI is InChI=1S/C18H15ClN4O/c1-22-10-11-23(18(24)12-6-8-13(19)9-7-12)17-16(22)20-14-4-2-3-5-15(14)21-17/h2-9H,10-11H2,1H3. The van der Waals surface area contributed by atoms with E-state index in [-0.39, 0.29) is 5.91 Å². The largest absolute Gasteiger partial charge is 0.355 e. The number of para-hydroxylation sites is 2. The number of nitrogens with zero attached hydrogens (tertiary/aromatic N) is 4. The monoisotopic (exact) mass is 338 g/mol. The molecular weight excluding hydrogens is 324 g/mol. The average Bonchev–Trinajstić information content (AvgIpc) is 2.61. The van der Waals surface area contributed by atoms with Crippen molar-refractivity contribution in [3.8, 4) is 0 Å². The molecule has 1 amide bonds. The minimum atomic E-state index is -0.0920. The van der Waals surface area contributed by atoms with Gasteiger partial charge in [0.2, 0.25) is 0 Å². The van der Waals surface area contributed by atoms with Crippen LogP contribution in [0, 0.1) is 0 Å². The van der Waals surface area contributed by atoms with E-state index in [4.69, 9.17) is 11.6 Å². The summed E-state index contributed by atoms with van der Waals surface area (Å²) in [5, 5.41) is 0.608. The van der Waals surface area contributed by atoms with Gasteiger partial charge in [0.25, 0.3) is 5.91 Å². The number of fused-ring (bicyclic) bond motifs is 2. The van der Waals surface area contributed by atoms with Crippen molar-refractivity contribution in [2.45, 2.75) is 0 Å². The van der Waals surface area contributed by atoms with E-state index in [1.165, 1.54) is 0 Å². The number of benzene rings is 2. The maximum absolute atomic E-state index is 12.9. The molecule has 2 heterocycles. The van der Waals surface area contributed by atoms with Crippen molar-refractivity contribution < 1.29 is 4.79 Å². The lowest BCUT2D eigenvalue weighted by molar-refractivity contribution is 0.0986. The topological polar surface area (TPSA) is 49.3 Å². The number of anilines is 2. The molecule has 2 aromatic carbocycles. The van der Waals surface area contributed by atoms with Gasteiger partial charge in [0, 0.05) is 30.7 Å². The molecule has 0 N–H and O–H groups in total. The second kappa shape index (κ2) is 5.76. The van der Waals surface area contributed by atoms with Crippen molar-refractivity contribution in [1.29, 1.82) is 0 Å². The fraction of sp³-hybridized carbons (Fsp3) is 0.167. The summed E-state index contributed by atoms with van der Waals surface area (Å²) >= 11 is 5.91. The second-order valence-corrected chi connectivity index (χ2v) is 6.18. The minimum absolute atomic E-state index is 0.0920. The Morgan fingerprint density at radius 1 is 0.958 bits per heavy atom. The smallest absolute Gasteiger partial charge is 0.259 e. The van der Waals surface area contributed by atoms with Crippen LogP contribution in [0.15, 0.2) is 48.5 Å². The fourth-order valence-corrected chi connectivity index (χ4v) is 2.95. The van der Waals surface area contributed by atoms with Crippen molar-refractivity contribution in [3.63, 3.8) is 0 Å². The van der Waals surface area contributed by atoms with Gasteiger partial charge in [0.15, 0.2) is 11.6 Å². The third-order valence-corrected chi connectivity index (χ3v) is 4.40. The molecule has 1 aliphatic rings. The van der Waals surface area contributed by atoms with Gasteiger partial charge in [-0.2, -0.15) is 0 Å². The molecule has 0 bridgehead atoms. The van der Waals surface area contributed by atoms with E-state index in [0.29, 0.717) is 29.5 Å². The van der Waals surface area contributed by atoms with Gasteiger partial charge in [0.1, 0.15) is 0 Å². The maximum Gasteiger partial charge on any atom is 0.259 e. The lowest BCUT2D eigenvalue weighted by Crippen LogP contribution is -2.43. The molecule has 0 radical (unpaired) electrons. The summed E-state index contributed by atoms with van der Waals surface area (Å²) in [5.74, 6) is 1.23. The Kier molecular flexibility index (Phi) is 3.58. The zero-order valence-corrected chi connectivity index (χ0v) is 13.9.